The highest BCUT2D eigenvalue weighted by atomic mass is 35.5. The second-order valence-electron chi connectivity index (χ2n) is 7.55. The Hall–Kier alpha value is -2.98. The number of hydrogen-bond donors (Lipinski definition) is 0. The van der Waals surface area contributed by atoms with Crippen LogP contribution in [0.1, 0.15) is 0 Å². The van der Waals surface area contributed by atoms with E-state index >= 15 is 0 Å². The number of benzene rings is 5. The van der Waals surface area contributed by atoms with Crippen LogP contribution in [0.15, 0.2) is 109 Å². The number of rotatable bonds is 3. The molecule has 0 saturated carbocycles. The molecule has 0 spiro atoms. The van der Waals surface area contributed by atoms with Crippen molar-refractivity contribution in [3.8, 4) is 0 Å². The van der Waals surface area contributed by atoms with Gasteiger partial charge in [0.1, 0.15) is 0 Å². The van der Waals surface area contributed by atoms with E-state index in [1.807, 2.05) is 11.3 Å². The van der Waals surface area contributed by atoms with E-state index in [9.17, 15) is 0 Å². The highest BCUT2D eigenvalue weighted by Crippen LogP contribution is 2.48. The summed E-state index contributed by atoms with van der Waals surface area (Å²) in [6.07, 6.45) is 0. The lowest BCUT2D eigenvalue weighted by Crippen LogP contribution is -2.09. The summed E-state index contributed by atoms with van der Waals surface area (Å²) in [5.74, 6) is 0. The summed E-state index contributed by atoms with van der Waals surface area (Å²) in [5, 5.41) is 5.58. The largest absolute Gasteiger partial charge is 0.309 e. The van der Waals surface area contributed by atoms with E-state index in [2.05, 4.69) is 114 Å². The van der Waals surface area contributed by atoms with E-state index < -0.39 is 0 Å². The Morgan fingerprint density at radius 1 is 0.594 bits per heavy atom. The topological polar surface area (TPSA) is 3.24 Å². The second kappa shape index (κ2) is 8.51. The van der Waals surface area contributed by atoms with E-state index in [-0.39, 0.29) is 13.5 Å². The van der Waals surface area contributed by atoms with Gasteiger partial charge < -0.3 is 4.90 Å². The summed E-state index contributed by atoms with van der Waals surface area (Å²) < 4.78 is 2.48. The number of fused-ring (bicyclic) bond motifs is 5. The SMILES string of the molecule is Clc1cc2ccccc2c2sc3c(N(c4ccccc4)c4ccccc4)cccc3c12.S. The monoisotopic (exact) mass is 469 g/mol. The van der Waals surface area contributed by atoms with Crippen molar-refractivity contribution >= 4 is 84.4 Å². The van der Waals surface area contributed by atoms with Crippen molar-refractivity contribution in [1.29, 1.82) is 0 Å². The smallest absolute Gasteiger partial charge is 0.0640 e. The summed E-state index contributed by atoms with van der Waals surface area (Å²) in [5.41, 5.74) is 3.43. The van der Waals surface area contributed by atoms with Gasteiger partial charge in [-0.3, -0.25) is 0 Å². The van der Waals surface area contributed by atoms with Crippen molar-refractivity contribution in [2.75, 3.05) is 4.90 Å². The molecule has 0 saturated heterocycles. The zero-order valence-corrected chi connectivity index (χ0v) is 19.7. The average Bonchev–Trinajstić information content (AvgIpc) is 3.22. The lowest BCUT2D eigenvalue weighted by atomic mass is 10.1. The van der Waals surface area contributed by atoms with Crippen LogP contribution in [-0.2, 0) is 0 Å². The van der Waals surface area contributed by atoms with E-state index in [4.69, 9.17) is 11.6 Å². The molecule has 0 aliphatic rings. The number of nitrogens with zero attached hydrogens (tertiary/aromatic N) is 1. The van der Waals surface area contributed by atoms with Crippen molar-refractivity contribution in [2.24, 2.45) is 0 Å². The minimum atomic E-state index is 0. The molecule has 6 rings (SSSR count). The highest BCUT2D eigenvalue weighted by Gasteiger charge is 2.19. The maximum atomic E-state index is 6.82. The summed E-state index contributed by atoms with van der Waals surface area (Å²) in [6.45, 7) is 0. The van der Waals surface area contributed by atoms with Gasteiger partial charge in [0.2, 0.25) is 0 Å². The quantitative estimate of drug-likeness (QED) is 0.249. The van der Waals surface area contributed by atoms with Gasteiger partial charge in [0.05, 0.1) is 15.4 Å². The minimum absolute atomic E-state index is 0. The van der Waals surface area contributed by atoms with Gasteiger partial charge in [-0.1, -0.05) is 84.4 Å². The van der Waals surface area contributed by atoms with E-state index in [0.717, 1.165) is 27.5 Å². The van der Waals surface area contributed by atoms with Gasteiger partial charge in [0.15, 0.2) is 0 Å². The van der Waals surface area contributed by atoms with Gasteiger partial charge in [0.25, 0.3) is 0 Å². The van der Waals surface area contributed by atoms with Gasteiger partial charge in [-0.15, -0.1) is 11.3 Å². The summed E-state index contributed by atoms with van der Waals surface area (Å²) in [4.78, 5) is 2.33. The van der Waals surface area contributed by atoms with Crippen LogP contribution in [0.3, 0.4) is 0 Å². The lowest BCUT2D eigenvalue weighted by Gasteiger charge is -2.25. The molecule has 0 radical (unpaired) electrons. The molecule has 1 aromatic heterocycles. The van der Waals surface area contributed by atoms with Crippen LogP contribution in [-0.4, -0.2) is 0 Å². The van der Waals surface area contributed by atoms with E-state index in [1.54, 1.807) is 0 Å². The van der Waals surface area contributed by atoms with Crippen LogP contribution in [0, 0.1) is 0 Å². The molecule has 32 heavy (non-hydrogen) atoms. The molecule has 6 aromatic rings. The molecule has 1 heterocycles. The van der Waals surface area contributed by atoms with Gasteiger partial charge in [-0.2, -0.15) is 13.5 Å². The summed E-state index contributed by atoms with van der Waals surface area (Å²) >= 11 is 8.64. The van der Waals surface area contributed by atoms with E-state index in [0.29, 0.717) is 0 Å². The Kier molecular flexibility index (Phi) is 5.56. The van der Waals surface area contributed by atoms with Crippen LogP contribution >= 0.6 is 36.4 Å². The molecule has 0 aliphatic carbocycles. The maximum absolute atomic E-state index is 6.82. The van der Waals surface area contributed by atoms with E-state index in [1.165, 1.54) is 25.6 Å². The predicted octanol–water partition coefficient (Wildman–Crippen LogP) is 9.44. The van der Waals surface area contributed by atoms with Crippen molar-refractivity contribution < 1.29 is 0 Å². The van der Waals surface area contributed by atoms with Crippen LogP contribution in [0.25, 0.3) is 30.9 Å². The third kappa shape index (κ3) is 3.34. The van der Waals surface area contributed by atoms with Crippen LogP contribution in [0.5, 0.6) is 0 Å². The molecular formula is C28H20ClNS2. The van der Waals surface area contributed by atoms with Gasteiger partial charge in [-0.25, -0.2) is 0 Å². The molecule has 0 amide bonds. The number of anilines is 3. The first-order valence-electron chi connectivity index (χ1n) is 10.2. The Bertz CT molecular complexity index is 1500. The Labute approximate surface area is 202 Å². The summed E-state index contributed by atoms with van der Waals surface area (Å²) in [7, 11) is 0. The first-order chi connectivity index (χ1) is 15.3. The normalized spacial score (nSPS) is 11.0. The van der Waals surface area contributed by atoms with Crippen molar-refractivity contribution in [1.82, 2.24) is 0 Å². The molecule has 0 bridgehead atoms. The molecule has 5 aromatic carbocycles. The fourth-order valence-electron chi connectivity index (χ4n) is 4.33. The van der Waals surface area contributed by atoms with Crippen molar-refractivity contribution in [2.45, 2.75) is 0 Å². The predicted molar refractivity (Wildman–Crippen MR) is 147 cm³/mol. The standard InChI is InChI=1S/C28H18ClNS.H2S/c29-24-18-19-10-7-8-15-22(19)28-26(24)23-16-9-17-25(27(23)31-28)30(20-11-3-1-4-12-20)21-13-5-2-6-14-21;/h1-18H;1H2. The number of para-hydroxylation sites is 2. The molecule has 0 atom stereocenters. The molecule has 0 N–H and O–H groups in total. The minimum Gasteiger partial charge on any atom is -0.309 e. The fraction of sp³-hybridized carbons (Fsp3) is 0. The number of thiophene rings is 1. The highest BCUT2D eigenvalue weighted by molar-refractivity contribution is 7.59. The molecule has 156 valence electrons. The molecule has 0 unspecified atom stereocenters. The maximum Gasteiger partial charge on any atom is 0.0640 e. The molecule has 4 heteroatoms. The first-order valence-corrected chi connectivity index (χ1v) is 11.4. The van der Waals surface area contributed by atoms with Gasteiger partial charge in [-0.05, 0) is 47.2 Å². The van der Waals surface area contributed by atoms with Crippen LogP contribution < -0.4 is 4.90 Å². The average molecular weight is 470 g/mol. The van der Waals surface area contributed by atoms with Gasteiger partial charge in [0, 0.05) is 26.8 Å². The number of hydrogen-bond acceptors (Lipinski definition) is 2. The zero-order chi connectivity index (χ0) is 20.8. The molecule has 0 fully saturated rings. The van der Waals surface area contributed by atoms with Crippen molar-refractivity contribution in [3.05, 3.63) is 114 Å². The van der Waals surface area contributed by atoms with Crippen LogP contribution in [0.2, 0.25) is 5.02 Å². The fourth-order valence-corrected chi connectivity index (χ4v) is 6.06. The first kappa shape index (κ1) is 20.9. The molecular weight excluding hydrogens is 450 g/mol. The van der Waals surface area contributed by atoms with Crippen LogP contribution in [0.4, 0.5) is 17.1 Å². The Balaban J connectivity index is 0.00000216. The lowest BCUT2D eigenvalue weighted by molar-refractivity contribution is 1.30. The third-order valence-corrected chi connectivity index (χ3v) is 7.25. The van der Waals surface area contributed by atoms with Gasteiger partial charge >= 0.3 is 0 Å². The molecule has 1 nitrogen and oxygen atoms in total. The third-order valence-electron chi connectivity index (χ3n) is 5.69. The Morgan fingerprint density at radius 3 is 1.88 bits per heavy atom. The zero-order valence-electron chi connectivity index (χ0n) is 17.1. The second-order valence-corrected chi connectivity index (χ2v) is 8.97. The Morgan fingerprint density at radius 2 is 1.19 bits per heavy atom. The van der Waals surface area contributed by atoms with Crippen molar-refractivity contribution in [3.63, 3.8) is 0 Å². The summed E-state index contributed by atoms with van der Waals surface area (Å²) in [6, 6.07) is 38.2. The number of halogens is 1. The molecule has 0 aliphatic heterocycles.